The molecule has 1 aliphatic rings. The van der Waals surface area contributed by atoms with E-state index in [-0.39, 0.29) is 0 Å². The molecule has 1 aromatic rings. The number of aryl methyl sites for hydroxylation is 1. The molecule has 0 spiro atoms. The maximum absolute atomic E-state index is 5.55. The van der Waals surface area contributed by atoms with Gasteiger partial charge in [0.2, 0.25) is 0 Å². The molecule has 1 aliphatic heterocycles. The molecule has 1 N–H and O–H groups in total. The van der Waals surface area contributed by atoms with Gasteiger partial charge in [0, 0.05) is 43.9 Å². The number of nitrogens with one attached hydrogen (secondary N) is 1. The van der Waals surface area contributed by atoms with E-state index in [9.17, 15) is 0 Å². The molecular formula is C15H27N3O. The maximum atomic E-state index is 5.55. The van der Waals surface area contributed by atoms with E-state index in [0.717, 1.165) is 39.1 Å². The standard InChI is InChI=1S/C15H27N3O/c1-3-5-15-17-8-9-18(15)11-14(16-7-4-2)13-6-10-19-12-13/h8-9,13-14,16H,3-7,10-12H2,1-2H3. The molecule has 2 atom stereocenters. The fourth-order valence-electron chi connectivity index (χ4n) is 2.75. The van der Waals surface area contributed by atoms with Gasteiger partial charge in [-0.3, -0.25) is 0 Å². The van der Waals surface area contributed by atoms with E-state index in [1.807, 2.05) is 6.20 Å². The number of hydrogen-bond acceptors (Lipinski definition) is 3. The molecule has 1 aromatic heterocycles. The molecular weight excluding hydrogens is 238 g/mol. The first-order chi connectivity index (χ1) is 9.35. The first-order valence-electron chi connectivity index (χ1n) is 7.66. The van der Waals surface area contributed by atoms with E-state index >= 15 is 0 Å². The number of imidazole rings is 1. The highest BCUT2D eigenvalue weighted by atomic mass is 16.5. The second-order valence-electron chi connectivity index (χ2n) is 5.43. The molecule has 1 saturated heterocycles. The topological polar surface area (TPSA) is 39.1 Å². The zero-order valence-electron chi connectivity index (χ0n) is 12.3. The summed E-state index contributed by atoms with van der Waals surface area (Å²) >= 11 is 0. The minimum atomic E-state index is 0.507. The number of nitrogens with zero attached hydrogens (tertiary/aromatic N) is 2. The van der Waals surface area contributed by atoms with Crippen LogP contribution in [0.15, 0.2) is 12.4 Å². The molecule has 108 valence electrons. The van der Waals surface area contributed by atoms with Crippen molar-refractivity contribution in [3.8, 4) is 0 Å². The zero-order chi connectivity index (χ0) is 13.5. The summed E-state index contributed by atoms with van der Waals surface area (Å²) in [6.45, 7) is 8.34. The predicted octanol–water partition coefficient (Wildman–Crippen LogP) is 2.24. The van der Waals surface area contributed by atoms with Crippen molar-refractivity contribution in [1.29, 1.82) is 0 Å². The Hall–Kier alpha value is -0.870. The molecule has 0 aromatic carbocycles. The van der Waals surface area contributed by atoms with Gasteiger partial charge in [-0.2, -0.15) is 0 Å². The lowest BCUT2D eigenvalue weighted by atomic mass is 9.98. The number of rotatable bonds is 8. The summed E-state index contributed by atoms with van der Waals surface area (Å²) in [5.41, 5.74) is 0. The van der Waals surface area contributed by atoms with Crippen molar-refractivity contribution in [2.24, 2.45) is 5.92 Å². The van der Waals surface area contributed by atoms with Crippen molar-refractivity contribution in [3.05, 3.63) is 18.2 Å². The molecule has 4 heteroatoms. The highest BCUT2D eigenvalue weighted by molar-refractivity contribution is 4.94. The number of hydrogen-bond donors (Lipinski definition) is 1. The summed E-state index contributed by atoms with van der Waals surface area (Å²) in [6, 6.07) is 0.507. The third kappa shape index (κ3) is 4.05. The third-order valence-electron chi connectivity index (χ3n) is 3.86. The summed E-state index contributed by atoms with van der Waals surface area (Å²) in [5.74, 6) is 1.85. The normalized spacial score (nSPS) is 20.8. The minimum Gasteiger partial charge on any atom is -0.381 e. The Labute approximate surface area is 116 Å². The molecule has 0 aliphatic carbocycles. The molecule has 2 heterocycles. The highest BCUT2D eigenvalue weighted by Crippen LogP contribution is 2.19. The van der Waals surface area contributed by atoms with Gasteiger partial charge in [-0.15, -0.1) is 0 Å². The fourth-order valence-corrected chi connectivity index (χ4v) is 2.75. The van der Waals surface area contributed by atoms with E-state index in [0.29, 0.717) is 12.0 Å². The Morgan fingerprint density at radius 3 is 3.05 bits per heavy atom. The molecule has 0 radical (unpaired) electrons. The van der Waals surface area contributed by atoms with Crippen LogP contribution >= 0.6 is 0 Å². The van der Waals surface area contributed by atoms with Gasteiger partial charge in [0.15, 0.2) is 0 Å². The predicted molar refractivity (Wildman–Crippen MR) is 77.2 cm³/mol. The quantitative estimate of drug-likeness (QED) is 0.783. The summed E-state index contributed by atoms with van der Waals surface area (Å²) in [6.07, 6.45) is 8.61. The van der Waals surface area contributed by atoms with Crippen LogP contribution in [-0.2, 0) is 17.7 Å². The van der Waals surface area contributed by atoms with Crippen molar-refractivity contribution < 1.29 is 4.74 Å². The van der Waals surface area contributed by atoms with Crippen LogP contribution < -0.4 is 5.32 Å². The molecule has 1 fully saturated rings. The molecule has 0 amide bonds. The molecule has 2 unspecified atom stereocenters. The van der Waals surface area contributed by atoms with Crippen LogP contribution in [0.25, 0.3) is 0 Å². The van der Waals surface area contributed by atoms with Gasteiger partial charge in [0.25, 0.3) is 0 Å². The second kappa shape index (κ2) is 7.65. The summed E-state index contributed by atoms with van der Waals surface area (Å²) in [5, 5.41) is 3.69. The van der Waals surface area contributed by atoms with Gasteiger partial charge in [0.05, 0.1) is 6.61 Å². The Morgan fingerprint density at radius 1 is 1.47 bits per heavy atom. The first kappa shape index (κ1) is 14.5. The van der Waals surface area contributed by atoms with Crippen LogP contribution in [0.2, 0.25) is 0 Å². The van der Waals surface area contributed by atoms with Gasteiger partial charge >= 0.3 is 0 Å². The Morgan fingerprint density at radius 2 is 2.37 bits per heavy atom. The van der Waals surface area contributed by atoms with Gasteiger partial charge in [-0.05, 0) is 25.8 Å². The average Bonchev–Trinajstić information content (AvgIpc) is 3.06. The number of aromatic nitrogens is 2. The van der Waals surface area contributed by atoms with Crippen LogP contribution in [0.5, 0.6) is 0 Å². The Kier molecular flexibility index (Phi) is 5.86. The van der Waals surface area contributed by atoms with E-state index in [4.69, 9.17) is 4.74 Å². The maximum Gasteiger partial charge on any atom is 0.108 e. The van der Waals surface area contributed by atoms with Crippen LogP contribution in [0.3, 0.4) is 0 Å². The average molecular weight is 265 g/mol. The van der Waals surface area contributed by atoms with Gasteiger partial charge < -0.3 is 14.6 Å². The van der Waals surface area contributed by atoms with Crippen LogP contribution in [0.1, 0.15) is 38.9 Å². The zero-order valence-corrected chi connectivity index (χ0v) is 12.3. The molecule has 2 rings (SSSR count). The minimum absolute atomic E-state index is 0.507. The Balaban J connectivity index is 1.99. The summed E-state index contributed by atoms with van der Waals surface area (Å²) in [7, 11) is 0. The number of ether oxygens (including phenoxy) is 1. The lowest BCUT2D eigenvalue weighted by molar-refractivity contribution is 0.173. The largest absolute Gasteiger partial charge is 0.381 e. The van der Waals surface area contributed by atoms with Gasteiger partial charge in [0.1, 0.15) is 5.82 Å². The lowest BCUT2D eigenvalue weighted by Crippen LogP contribution is -2.40. The van der Waals surface area contributed by atoms with Crippen LogP contribution in [0.4, 0.5) is 0 Å². The van der Waals surface area contributed by atoms with Gasteiger partial charge in [-0.1, -0.05) is 13.8 Å². The van der Waals surface area contributed by atoms with E-state index in [1.165, 1.54) is 18.7 Å². The second-order valence-corrected chi connectivity index (χ2v) is 5.43. The Bertz CT molecular complexity index is 358. The van der Waals surface area contributed by atoms with Crippen molar-refractivity contribution >= 4 is 0 Å². The van der Waals surface area contributed by atoms with Gasteiger partial charge in [-0.25, -0.2) is 4.98 Å². The molecule has 19 heavy (non-hydrogen) atoms. The fraction of sp³-hybridized carbons (Fsp3) is 0.800. The van der Waals surface area contributed by atoms with Crippen LogP contribution in [0, 0.1) is 5.92 Å². The first-order valence-corrected chi connectivity index (χ1v) is 7.66. The van der Waals surface area contributed by atoms with Crippen LogP contribution in [-0.4, -0.2) is 35.4 Å². The smallest absolute Gasteiger partial charge is 0.108 e. The third-order valence-corrected chi connectivity index (χ3v) is 3.86. The van der Waals surface area contributed by atoms with E-state index < -0.39 is 0 Å². The van der Waals surface area contributed by atoms with E-state index in [1.54, 1.807) is 0 Å². The SMILES string of the molecule is CCCNC(Cn1ccnc1CCC)C1CCOC1. The van der Waals surface area contributed by atoms with E-state index in [2.05, 4.69) is 34.9 Å². The monoisotopic (exact) mass is 265 g/mol. The summed E-state index contributed by atoms with van der Waals surface area (Å²) < 4.78 is 7.86. The molecule has 4 nitrogen and oxygen atoms in total. The lowest BCUT2D eigenvalue weighted by Gasteiger charge is -2.25. The summed E-state index contributed by atoms with van der Waals surface area (Å²) in [4.78, 5) is 4.47. The van der Waals surface area contributed by atoms with Crippen molar-refractivity contribution in [1.82, 2.24) is 14.9 Å². The highest BCUT2D eigenvalue weighted by Gasteiger charge is 2.25. The molecule has 0 bridgehead atoms. The van der Waals surface area contributed by atoms with Crippen molar-refractivity contribution in [3.63, 3.8) is 0 Å². The van der Waals surface area contributed by atoms with Crippen molar-refractivity contribution in [2.45, 2.75) is 52.1 Å². The van der Waals surface area contributed by atoms with Crippen molar-refractivity contribution in [2.75, 3.05) is 19.8 Å². The molecule has 0 saturated carbocycles.